The van der Waals surface area contributed by atoms with E-state index in [1.807, 2.05) is 13.0 Å². The minimum Gasteiger partial charge on any atom is -0.508 e. The molecule has 0 saturated heterocycles. The Hall–Kier alpha value is -1.79. The van der Waals surface area contributed by atoms with Crippen molar-refractivity contribution in [1.29, 1.82) is 0 Å². The maximum atomic E-state index is 12.4. The molecule has 0 saturated carbocycles. The van der Waals surface area contributed by atoms with E-state index in [1.165, 1.54) is 13.2 Å². The topological polar surface area (TPSA) is 58.6 Å². The van der Waals surface area contributed by atoms with Crippen LogP contribution >= 0.6 is 31.9 Å². The van der Waals surface area contributed by atoms with Crippen LogP contribution in [0.1, 0.15) is 16.7 Å². The fourth-order valence-corrected chi connectivity index (χ4v) is 3.84. The number of hydrogen-bond donors (Lipinski definition) is 2. The average Bonchev–Trinajstić information content (AvgIpc) is 2.84. The number of phenols is 1. The quantitative estimate of drug-likeness (QED) is 0.666. The van der Waals surface area contributed by atoms with Crippen molar-refractivity contribution in [2.45, 2.75) is 6.92 Å². The van der Waals surface area contributed by atoms with E-state index in [0.29, 0.717) is 11.3 Å². The number of carbonyl (C=O) groups is 1. The first-order valence-electron chi connectivity index (χ1n) is 6.81. The fraction of sp³-hybridized carbons (Fsp3) is 0.118. The molecule has 1 amide bonds. The highest BCUT2D eigenvalue weighted by atomic mass is 79.9. The van der Waals surface area contributed by atoms with Gasteiger partial charge in [-0.2, -0.15) is 0 Å². The minimum atomic E-state index is -0.169. The summed E-state index contributed by atoms with van der Waals surface area (Å²) < 4.78 is 7.02. The number of anilines is 1. The standard InChI is InChI=1S/C17H13Br2NO3/c1-8-12(18)7-13(19)16-15(8)11(17(22)20-16)5-9-3-4-10(21)6-14(9)23-2/h3-7,21H,1-2H3,(H,20,22). The van der Waals surface area contributed by atoms with E-state index in [2.05, 4.69) is 37.2 Å². The monoisotopic (exact) mass is 437 g/mol. The van der Waals surface area contributed by atoms with Gasteiger partial charge in [0.15, 0.2) is 0 Å². The zero-order chi connectivity index (χ0) is 16.7. The number of halogens is 2. The largest absolute Gasteiger partial charge is 0.508 e. The second-order valence-electron chi connectivity index (χ2n) is 5.15. The molecule has 0 atom stereocenters. The molecular formula is C17H13Br2NO3. The van der Waals surface area contributed by atoms with Crippen LogP contribution in [-0.2, 0) is 4.79 Å². The average molecular weight is 439 g/mol. The molecule has 0 spiro atoms. The van der Waals surface area contributed by atoms with Crippen molar-refractivity contribution < 1.29 is 14.6 Å². The number of rotatable bonds is 2. The Labute approximate surface area is 150 Å². The highest BCUT2D eigenvalue weighted by molar-refractivity contribution is 9.11. The number of fused-ring (bicyclic) bond motifs is 1. The first kappa shape index (κ1) is 16.1. The van der Waals surface area contributed by atoms with E-state index in [9.17, 15) is 9.90 Å². The summed E-state index contributed by atoms with van der Waals surface area (Å²) in [6.45, 7) is 1.96. The first-order valence-corrected chi connectivity index (χ1v) is 8.40. The molecule has 0 radical (unpaired) electrons. The Kier molecular flexibility index (Phi) is 4.21. The van der Waals surface area contributed by atoms with Gasteiger partial charge in [-0.15, -0.1) is 0 Å². The van der Waals surface area contributed by atoms with Gasteiger partial charge in [0.2, 0.25) is 0 Å². The number of phenolic OH excluding ortho intramolecular Hbond substituents is 1. The molecule has 0 aliphatic carbocycles. The van der Waals surface area contributed by atoms with Crippen LogP contribution in [0.15, 0.2) is 33.2 Å². The SMILES string of the molecule is COc1cc(O)ccc1C=C1C(=O)Nc2c(Br)cc(Br)c(C)c21. The zero-order valence-corrected chi connectivity index (χ0v) is 15.6. The molecule has 23 heavy (non-hydrogen) atoms. The predicted octanol–water partition coefficient (Wildman–Crippen LogP) is 4.73. The lowest BCUT2D eigenvalue weighted by Crippen LogP contribution is -2.04. The lowest BCUT2D eigenvalue weighted by atomic mass is 9.99. The number of amides is 1. The fourth-order valence-electron chi connectivity index (χ4n) is 2.58. The highest BCUT2D eigenvalue weighted by Gasteiger charge is 2.29. The van der Waals surface area contributed by atoms with E-state index in [-0.39, 0.29) is 11.7 Å². The molecule has 2 aromatic rings. The molecule has 0 bridgehead atoms. The van der Waals surface area contributed by atoms with Crippen molar-refractivity contribution in [2.75, 3.05) is 12.4 Å². The van der Waals surface area contributed by atoms with Gasteiger partial charge in [-0.3, -0.25) is 4.79 Å². The van der Waals surface area contributed by atoms with E-state index < -0.39 is 0 Å². The number of aromatic hydroxyl groups is 1. The summed E-state index contributed by atoms with van der Waals surface area (Å²) in [5.74, 6) is 0.449. The van der Waals surface area contributed by atoms with E-state index in [1.54, 1.807) is 18.2 Å². The van der Waals surface area contributed by atoms with Crippen LogP contribution < -0.4 is 10.1 Å². The van der Waals surface area contributed by atoms with Gasteiger partial charge in [0, 0.05) is 26.1 Å². The van der Waals surface area contributed by atoms with Crippen molar-refractivity contribution in [2.24, 2.45) is 0 Å². The van der Waals surface area contributed by atoms with Gasteiger partial charge in [0.1, 0.15) is 11.5 Å². The van der Waals surface area contributed by atoms with E-state index in [0.717, 1.165) is 31.3 Å². The van der Waals surface area contributed by atoms with E-state index in [4.69, 9.17) is 4.74 Å². The van der Waals surface area contributed by atoms with Crippen LogP contribution in [0.3, 0.4) is 0 Å². The summed E-state index contributed by atoms with van der Waals surface area (Å²) in [7, 11) is 1.53. The maximum Gasteiger partial charge on any atom is 0.256 e. The van der Waals surface area contributed by atoms with Crippen LogP contribution in [0.2, 0.25) is 0 Å². The van der Waals surface area contributed by atoms with E-state index >= 15 is 0 Å². The summed E-state index contributed by atoms with van der Waals surface area (Å²) in [6, 6.07) is 6.71. The highest BCUT2D eigenvalue weighted by Crippen LogP contribution is 2.44. The van der Waals surface area contributed by atoms with Crippen molar-refractivity contribution >= 4 is 55.1 Å². The molecule has 1 aliphatic heterocycles. The smallest absolute Gasteiger partial charge is 0.256 e. The van der Waals surface area contributed by atoms with Crippen LogP contribution in [0.25, 0.3) is 11.6 Å². The minimum absolute atomic E-state index is 0.113. The molecule has 118 valence electrons. The Morgan fingerprint density at radius 2 is 1.96 bits per heavy atom. The van der Waals surface area contributed by atoms with Gasteiger partial charge in [0.25, 0.3) is 5.91 Å². The van der Waals surface area contributed by atoms with Crippen LogP contribution in [-0.4, -0.2) is 18.1 Å². The third-order valence-corrected chi connectivity index (χ3v) is 5.19. The molecule has 1 heterocycles. The van der Waals surface area contributed by atoms with Crippen molar-refractivity contribution in [3.8, 4) is 11.5 Å². The molecule has 2 aromatic carbocycles. The third-order valence-electron chi connectivity index (χ3n) is 3.74. The van der Waals surface area contributed by atoms with Gasteiger partial charge in [-0.25, -0.2) is 0 Å². The molecule has 6 heteroatoms. The molecule has 0 unspecified atom stereocenters. The first-order chi connectivity index (χ1) is 10.9. The van der Waals surface area contributed by atoms with Crippen molar-refractivity contribution in [3.63, 3.8) is 0 Å². The van der Waals surface area contributed by atoms with Gasteiger partial charge in [0.05, 0.1) is 18.4 Å². The summed E-state index contributed by atoms with van der Waals surface area (Å²) in [5, 5.41) is 12.5. The molecule has 4 nitrogen and oxygen atoms in total. The number of methoxy groups -OCH3 is 1. The Bertz CT molecular complexity index is 859. The normalized spacial score (nSPS) is 14.8. The van der Waals surface area contributed by atoms with Gasteiger partial charge < -0.3 is 15.2 Å². The summed E-state index contributed by atoms with van der Waals surface area (Å²) >= 11 is 7.00. The lowest BCUT2D eigenvalue weighted by Gasteiger charge is -2.09. The number of ether oxygens (including phenoxy) is 1. The summed E-state index contributed by atoms with van der Waals surface area (Å²) in [5.41, 5.74) is 3.87. The molecule has 2 N–H and O–H groups in total. The third kappa shape index (κ3) is 2.77. The lowest BCUT2D eigenvalue weighted by molar-refractivity contribution is -0.110. The summed E-state index contributed by atoms with van der Waals surface area (Å²) in [6.07, 6.45) is 1.77. The number of hydrogen-bond acceptors (Lipinski definition) is 3. The summed E-state index contributed by atoms with van der Waals surface area (Å²) in [4.78, 5) is 12.4. The van der Waals surface area contributed by atoms with Crippen LogP contribution in [0, 0.1) is 6.92 Å². The Balaban J connectivity index is 2.22. The van der Waals surface area contributed by atoms with Crippen molar-refractivity contribution in [3.05, 3.63) is 49.9 Å². The van der Waals surface area contributed by atoms with Crippen LogP contribution in [0.5, 0.6) is 11.5 Å². The number of nitrogens with one attached hydrogen (secondary N) is 1. The van der Waals surface area contributed by atoms with Crippen LogP contribution in [0.4, 0.5) is 5.69 Å². The Morgan fingerprint density at radius 3 is 2.65 bits per heavy atom. The van der Waals surface area contributed by atoms with Gasteiger partial charge >= 0.3 is 0 Å². The second-order valence-corrected chi connectivity index (χ2v) is 6.86. The molecule has 0 fully saturated rings. The van der Waals surface area contributed by atoms with Crippen molar-refractivity contribution in [1.82, 2.24) is 0 Å². The number of carbonyl (C=O) groups excluding carboxylic acids is 1. The molecule has 1 aliphatic rings. The predicted molar refractivity (Wildman–Crippen MR) is 97.7 cm³/mol. The second kappa shape index (κ2) is 6.02. The molecule has 0 aromatic heterocycles. The van der Waals surface area contributed by atoms with Gasteiger partial charge in [-0.05, 0) is 52.7 Å². The number of benzene rings is 2. The maximum absolute atomic E-state index is 12.4. The van der Waals surface area contributed by atoms with Gasteiger partial charge in [-0.1, -0.05) is 15.9 Å². The zero-order valence-electron chi connectivity index (χ0n) is 12.4. The molecular weight excluding hydrogens is 426 g/mol. The molecule has 3 rings (SSSR count). The Morgan fingerprint density at radius 1 is 1.22 bits per heavy atom.